The monoisotopic (exact) mass is 277 g/mol. The first-order valence-electron chi connectivity index (χ1n) is 7.22. The number of nitrogens with one attached hydrogen (secondary N) is 1. The zero-order valence-electron chi connectivity index (χ0n) is 12.3. The molecule has 1 saturated carbocycles. The van der Waals surface area contributed by atoms with Crippen LogP contribution >= 0.6 is 0 Å². The van der Waals surface area contributed by atoms with Gasteiger partial charge in [-0.05, 0) is 31.7 Å². The highest BCUT2D eigenvalue weighted by atomic mass is 16.5. The van der Waals surface area contributed by atoms with Crippen LogP contribution in [0.1, 0.15) is 36.8 Å². The third-order valence-electron chi connectivity index (χ3n) is 3.45. The van der Waals surface area contributed by atoms with Gasteiger partial charge >= 0.3 is 5.97 Å². The quantitative estimate of drug-likeness (QED) is 0.586. The second kappa shape index (κ2) is 7.29. The van der Waals surface area contributed by atoms with E-state index >= 15 is 0 Å². The summed E-state index contributed by atoms with van der Waals surface area (Å²) in [6, 6.07) is 6.89. The summed E-state index contributed by atoms with van der Waals surface area (Å²) in [5.74, 6) is 0.763. The Labute approximate surface area is 120 Å². The van der Waals surface area contributed by atoms with Gasteiger partial charge in [0.1, 0.15) is 5.75 Å². The molecule has 1 aromatic carbocycles. The van der Waals surface area contributed by atoms with Gasteiger partial charge in [0.15, 0.2) is 0 Å². The number of methoxy groups -OCH3 is 1. The number of carbonyl (C=O) groups is 1. The lowest BCUT2D eigenvalue weighted by molar-refractivity contribution is -0.140. The minimum Gasteiger partial charge on any atom is -0.493 e. The Bertz CT molecular complexity index is 455. The van der Waals surface area contributed by atoms with E-state index in [0.29, 0.717) is 25.5 Å². The fourth-order valence-corrected chi connectivity index (χ4v) is 2.09. The number of rotatable bonds is 8. The van der Waals surface area contributed by atoms with Crippen molar-refractivity contribution in [2.45, 2.75) is 45.2 Å². The molecule has 1 N–H and O–H groups in total. The molecule has 2 rings (SSSR count). The van der Waals surface area contributed by atoms with Crippen LogP contribution in [-0.2, 0) is 16.1 Å². The molecule has 0 aliphatic heterocycles. The summed E-state index contributed by atoms with van der Waals surface area (Å²) in [5, 5.41) is 3.50. The zero-order chi connectivity index (χ0) is 14.4. The van der Waals surface area contributed by atoms with Crippen molar-refractivity contribution in [3.05, 3.63) is 29.3 Å². The van der Waals surface area contributed by atoms with Gasteiger partial charge in [0.05, 0.1) is 13.7 Å². The number of hydrogen-bond donors (Lipinski definition) is 1. The predicted octanol–water partition coefficient (Wildman–Crippen LogP) is 2.58. The number of aryl methyl sites for hydroxylation is 1. The molecule has 1 fully saturated rings. The molecular weight excluding hydrogens is 254 g/mol. The maximum atomic E-state index is 11.1. The van der Waals surface area contributed by atoms with Crippen LogP contribution in [0.25, 0.3) is 0 Å². The van der Waals surface area contributed by atoms with Gasteiger partial charge in [-0.25, -0.2) is 0 Å². The Morgan fingerprint density at radius 1 is 1.40 bits per heavy atom. The van der Waals surface area contributed by atoms with E-state index in [4.69, 9.17) is 4.74 Å². The van der Waals surface area contributed by atoms with Crippen LogP contribution in [-0.4, -0.2) is 25.7 Å². The van der Waals surface area contributed by atoms with Crippen LogP contribution < -0.4 is 10.1 Å². The number of ether oxygens (including phenoxy) is 2. The zero-order valence-corrected chi connectivity index (χ0v) is 12.3. The van der Waals surface area contributed by atoms with Crippen molar-refractivity contribution in [3.8, 4) is 5.75 Å². The molecule has 4 nitrogen and oxygen atoms in total. The average molecular weight is 277 g/mol. The highest BCUT2D eigenvalue weighted by Crippen LogP contribution is 2.25. The number of esters is 1. The molecule has 1 aromatic rings. The Morgan fingerprint density at radius 2 is 2.20 bits per heavy atom. The summed E-state index contributed by atoms with van der Waals surface area (Å²) >= 11 is 0. The fraction of sp³-hybridized carbons (Fsp3) is 0.562. The van der Waals surface area contributed by atoms with Gasteiger partial charge in [-0.3, -0.25) is 4.79 Å². The lowest BCUT2D eigenvalue weighted by Crippen LogP contribution is -2.16. The summed E-state index contributed by atoms with van der Waals surface area (Å²) in [7, 11) is 1.41. The minimum atomic E-state index is -0.186. The Balaban J connectivity index is 1.85. The molecule has 0 aromatic heterocycles. The Morgan fingerprint density at radius 3 is 2.90 bits per heavy atom. The van der Waals surface area contributed by atoms with Crippen LogP contribution in [0.5, 0.6) is 5.75 Å². The number of benzene rings is 1. The molecule has 0 heterocycles. The molecular formula is C16H23NO3. The highest BCUT2D eigenvalue weighted by Gasteiger charge is 2.20. The maximum Gasteiger partial charge on any atom is 0.305 e. The van der Waals surface area contributed by atoms with Crippen molar-refractivity contribution in [1.82, 2.24) is 5.32 Å². The summed E-state index contributed by atoms with van der Waals surface area (Å²) in [6.07, 6.45) is 3.64. The second-order valence-electron chi connectivity index (χ2n) is 5.25. The summed E-state index contributed by atoms with van der Waals surface area (Å²) in [4.78, 5) is 11.1. The van der Waals surface area contributed by atoms with Gasteiger partial charge < -0.3 is 14.8 Å². The van der Waals surface area contributed by atoms with Crippen LogP contribution in [0, 0.1) is 6.92 Å². The molecule has 0 saturated heterocycles. The van der Waals surface area contributed by atoms with Crippen molar-refractivity contribution < 1.29 is 14.3 Å². The largest absolute Gasteiger partial charge is 0.493 e. The fourth-order valence-electron chi connectivity index (χ4n) is 2.09. The van der Waals surface area contributed by atoms with Gasteiger partial charge in [0.2, 0.25) is 0 Å². The van der Waals surface area contributed by atoms with E-state index in [0.717, 1.165) is 17.9 Å². The van der Waals surface area contributed by atoms with E-state index in [1.54, 1.807) is 0 Å². The van der Waals surface area contributed by atoms with Crippen LogP contribution in [0.4, 0.5) is 0 Å². The smallest absolute Gasteiger partial charge is 0.305 e. The molecule has 0 unspecified atom stereocenters. The van der Waals surface area contributed by atoms with Gasteiger partial charge in [-0.15, -0.1) is 0 Å². The lowest BCUT2D eigenvalue weighted by atomic mass is 10.1. The summed E-state index contributed by atoms with van der Waals surface area (Å²) in [6.45, 7) is 3.44. The minimum absolute atomic E-state index is 0.186. The number of para-hydroxylation sites is 1. The van der Waals surface area contributed by atoms with Crippen molar-refractivity contribution in [2.24, 2.45) is 0 Å². The standard InChI is InChI=1S/C16H23NO3/c1-12-5-3-6-13(11-17-14-8-9-14)16(12)20-10-4-7-15(18)19-2/h3,5-6,14,17H,4,7-11H2,1-2H3. The molecule has 1 aliphatic carbocycles. The summed E-state index contributed by atoms with van der Waals surface area (Å²) < 4.78 is 10.5. The first-order valence-corrected chi connectivity index (χ1v) is 7.22. The van der Waals surface area contributed by atoms with Gasteiger partial charge in [0.25, 0.3) is 0 Å². The van der Waals surface area contributed by atoms with Crippen molar-refractivity contribution in [2.75, 3.05) is 13.7 Å². The first-order chi connectivity index (χ1) is 9.70. The molecule has 0 atom stereocenters. The second-order valence-corrected chi connectivity index (χ2v) is 5.25. The molecule has 0 radical (unpaired) electrons. The molecule has 20 heavy (non-hydrogen) atoms. The van der Waals surface area contributed by atoms with E-state index in [-0.39, 0.29) is 5.97 Å². The van der Waals surface area contributed by atoms with Crippen molar-refractivity contribution in [1.29, 1.82) is 0 Å². The molecule has 110 valence electrons. The van der Waals surface area contributed by atoms with Gasteiger partial charge in [-0.1, -0.05) is 18.2 Å². The molecule has 0 amide bonds. The number of carbonyl (C=O) groups excluding carboxylic acids is 1. The molecule has 0 bridgehead atoms. The van der Waals surface area contributed by atoms with E-state index in [1.807, 2.05) is 0 Å². The van der Waals surface area contributed by atoms with Crippen LogP contribution in [0.3, 0.4) is 0 Å². The van der Waals surface area contributed by atoms with Crippen LogP contribution in [0.2, 0.25) is 0 Å². The predicted molar refractivity (Wildman–Crippen MR) is 77.8 cm³/mol. The Hall–Kier alpha value is -1.55. The van der Waals surface area contributed by atoms with E-state index in [1.165, 1.54) is 25.5 Å². The Kier molecular flexibility index (Phi) is 5.41. The van der Waals surface area contributed by atoms with E-state index in [2.05, 4.69) is 35.2 Å². The highest BCUT2D eigenvalue weighted by molar-refractivity contribution is 5.69. The topological polar surface area (TPSA) is 47.6 Å². The normalized spacial score (nSPS) is 14.1. The first kappa shape index (κ1) is 14.9. The SMILES string of the molecule is COC(=O)CCCOc1c(C)cccc1CNC1CC1. The lowest BCUT2D eigenvalue weighted by Gasteiger charge is -2.14. The van der Waals surface area contributed by atoms with E-state index in [9.17, 15) is 4.79 Å². The average Bonchev–Trinajstić information content (AvgIpc) is 3.27. The summed E-state index contributed by atoms with van der Waals surface area (Å²) in [5.41, 5.74) is 2.33. The maximum absolute atomic E-state index is 11.1. The van der Waals surface area contributed by atoms with Crippen molar-refractivity contribution >= 4 is 5.97 Å². The number of hydrogen-bond acceptors (Lipinski definition) is 4. The molecule has 4 heteroatoms. The third kappa shape index (κ3) is 4.53. The molecule has 1 aliphatic rings. The third-order valence-corrected chi connectivity index (χ3v) is 3.45. The van der Waals surface area contributed by atoms with Gasteiger partial charge in [-0.2, -0.15) is 0 Å². The van der Waals surface area contributed by atoms with Gasteiger partial charge in [0, 0.05) is 24.6 Å². The van der Waals surface area contributed by atoms with E-state index < -0.39 is 0 Å². The van der Waals surface area contributed by atoms with Crippen LogP contribution in [0.15, 0.2) is 18.2 Å². The van der Waals surface area contributed by atoms with Crippen molar-refractivity contribution in [3.63, 3.8) is 0 Å². The molecule has 0 spiro atoms.